The number of imidazole rings is 1. The number of para-hydroxylation sites is 2. The number of hydrogen-bond donors (Lipinski definition) is 1. The van der Waals surface area contributed by atoms with Gasteiger partial charge in [-0.15, -0.1) is 11.3 Å². The molecule has 7 nitrogen and oxygen atoms in total. The van der Waals surface area contributed by atoms with Crippen molar-refractivity contribution < 1.29 is 9.59 Å². The van der Waals surface area contributed by atoms with Gasteiger partial charge in [-0.2, -0.15) is 0 Å². The Bertz CT molecular complexity index is 1220. The van der Waals surface area contributed by atoms with Crippen LogP contribution in [-0.2, 0) is 29.1 Å². The lowest BCUT2D eigenvalue weighted by Gasteiger charge is -2.24. The fourth-order valence-corrected chi connectivity index (χ4v) is 4.25. The van der Waals surface area contributed by atoms with Crippen LogP contribution < -0.4 is 5.32 Å². The molecule has 0 spiro atoms. The van der Waals surface area contributed by atoms with Crippen LogP contribution in [0.3, 0.4) is 0 Å². The molecule has 0 radical (unpaired) electrons. The zero-order chi connectivity index (χ0) is 22.5. The quantitative estimate of drug-likeness (QED) is 0.450. The normalized spacial score (nSPS) is 11.9. The van der Waals surface area contributed by atoms with E-state index in [-0.39, 0.29) is 18.4 Å². The van der Waals surface area contributed by atoms with Crippen LogP contribution in [0, 0.1) is 6.92 Å². The van der Waals surface area contributed by atoms with Gasteiger partial charge in [0.05, 0.1) is 34.6 Å². The van der Waals surface area contributed by atoms with Crippen LogP contribution in [-0.4, -0.2) is 44.3 Å². The fourth-order valence-electron chi connectivity index (χ4n) is 3.65. The highest BCUT2D eigenvalue weighted by Crippen LogP contribution is 2.13. The summed E-state index contributed by atoms with van der Waals surface area (Å²) in [6, 6.07) is 16.7. The summed E-state index contributed by atoms with van der Waals surface area (Å²) in [6.07, 6.45) is 2.06. The monoisotopic (exact) mass is 447 g/mol. The van der Waals surface area contributed by atoms with Gasteiger partial charge in [0.15, 0.2) is 0 Å². The number of benzene rings is 2. The summed E-state index contributed by atoms with van der Waals surface area (Å²) < 4.78 is 1.79. The van der Waals surface area contributed by atoms with E-state index in [2.05, 4.69) is 15.3 Å². The van der Waals surface area contributed by atoms with E-state index in [0.717, 1.165) is 27.3 Å². The standard InChI is InChI=1S/C24H25N5O2S/c1-17-26-19(15-32-17)13-28(2)24(31)21(12-18-8-4-3-5-9-18)27-23(30)14-29-16-25-20-10-6-7-11-22(20)29/h3-11,15-16,21H,12-14H2,1-2H3,(H,27,30). The number of thiazole rings is 1. The van der Waals surface area contributed by atoms with Gasteiger partial charge >= 0.3 is 0 Å². The Hall–Kier alpha value is -3.52. The van der Waals surface area contributed by atoms with Gasteiger partial charge < -0.3 is 14.8 Å². The lowest BCUT2D eigenvalue weighted by molar-refractivity contribution is -0.136. The Morgan fingerprint density at radius 3 is 2.62 bits per heavy atom. The highest BCUT2D eigenvalue weighted by molar-refractivity contribution is 7.09. The zero-order valence-corrected chi connectivity index (χ0v) is 18.9. The summed E-state index contributed by atoms with van der Waals surface area (Å²) in [6.45, 7) is 2.43. The number of hydrogen-bond acceptors (Lipinski definition) is 5. The number of nitrogens with zero attached hydrogens (tertiary/aromatic N) is 4. The highest BCUT2D eigenvalue weighted by Gasteiger charge is 2.25. The average molecular weight is 448 g/mol. The molecule has 2 amide bonds. The molecule has 0 aliphatic carbocycles. The number of aryl methyl sites for hydroxylation is 1. The summed E-state index contributed by atoms with van der Waals surface area (Å²) in [7, 11) is 1.74. The number of amides is 2. The molecule has 1 N–H and O–H groups in total. The maximum atomic E-state index is 13.3. The van der Waals surface area contributed by atoms with Crippen LogP contribution in [0.5, 0.6) is 0 Å². The van der Waals surface area contributed by atoms with E-state index >= 15 is 0 Å². The van der Waals surface area contributed by atoms with Crippen LogP contribution in [0.2, 0.25) is 0 Å². The van der Waals surface area contributed by atoms with Gasteiger partial charge in [0, 0.05) is 18.8 Å². The van der Waals surface area contributed by atoms with Gasteiger partial charge in [-0.25, -0.2) is 9.97 Å². The molecule has 1 atom stereocenters. The molecule has 2 aromatic carbocycles. The number of nitrogens with one attached hydrogen (secondary N) is 1. The maximum Gasteiger partial charge on any atom is 0.245 e. The second kappa shape index (κ2) is 9.74. The minimum absolute atomic E-state index is 0.0913. The zero-order valence-electron chi connectivity index (χ0n) is 18.1. The van der Waals surface area contributed by atoms with Crippen molar-refractivity contribution in [1.82, 2.24) is 24.8 Å². The molecule has 164 valence electrons. The van der Waals surface area contributed by atoms with Gasteiger partial charge in [0.25, 0.3) is 0 Å². The second-order valence-corrected chi connectivity index (χ2v) is 8.79. The number of carbonyl (C=O) groups is 2. The summed E-state index contributed by atoms with van der Waals surface area (Å²) in [5.74, 6) is -0.385. The lowest BCUT2D eigenvalue weighted by atomic mass is 10.0. The van der Waals surface area contributed by atoms with Crippen molar-refractivity contribution in [3.63, 3.8) is 0 Å². The molecule has 8 heteroatoms. The van der Waals surface area contributed by atoms with E-state index in [0.29, 0.717) is 13.0 Å². The Morgan fingerprint density at radius 1 is 1.12 bits per heavy atom. The summed E-state index contributed by atoms with van der Waals surface area (Å²) in [5, 5.41) is 5.86. The van der Waals surface area contributed by atoms with E-state index in [1.165, 1.54) is 0 Å². The first kappa shape index (κ1) is 21.7. The van der Waals surface area contributed by atoms with E-state index in [9.17, 15) is 9.59 Å². The third-order valence-electron chi connectivity index (χ3n) is 5.20. The summed E-state index contributed by atoms with van der Waals surface area (Å²) >= 11 is 1.56. The summed E-state index contributed by atoms with van der Waals surface area (Å²) in [4.78, 5) is 36.6. The Labute approximate surface area is 190 Å². The third kappa shape index (κ3) is 5.20. The van der Waals surface area contributed by atoms with Crippen LogP contribution in [0.15, 0.2) is 66.3 Å². The molecule has 1 unspecified atom stereocenters. The fraction of sp³-hybridized carbons (Fsp3) is 0.250. The van der Waals surface area contributed by atoms with Gasteiger partial charge in [-0.1, -0.05) is 42.5 Å². The molecule has 2 heterocycles. The molecule has 32 heavy (non-hydrogen) atoms. The van der Waals surface area contributed by atoms with Crippen molar-refractivity contribution in [2.75, 3.05) is 7.05 Å². The number of fused-ring (bicyclic) bond motifs is 1. The molecule has 0 saturated heterocycles. The summed E-state index contributed by atoms with van der Waals surface area (Å²) in [5.41, 5.74) is 3.54. The average Bonchev–Trinajstić information content (AvgIpc) is 3.39. The molecule has 4 aromatic rings. The molecular formula is C24H25N5O2S. The number of rotatable bonds is 8. The predicted octanol–water partition coefficient (Wildman–Crippen LogP) is 3.19. The first-order valence-corrected chi connectivity index (χ1v) is 11.3. The lowest BCUT2D eigenvalue weighted by Crippen LogP contribution is -2.49. The minimum atomic E-state index is -0.676. The third-order valence-corrected chi connectivity index (χ3v) is 6.02. The molecule has 4 rings (SSSR count). The van der Waals surface area contributed by atoms with Gasteiger partial charge in [0.1, 0.15) is 12.6 Å². The Balaban J connectivity index is 1.49. The van der Waals surface area contributed by atoms with E-state index in [1.54, 1.807) is 34.2 Å². The molecule has 2 aromatic heterocycles. The van der Waals surface area contributed by atoms with E-state index in [1.807, 2.05) is 66.9 Å². The number of aromatic nitrogens is 3. The van der Waals surface area contributed by atoms with Gasteiger partial charge in [-0.3, -0.25) is 9.59 Å². The van der Waals surface area contributed by atoms with Crippen LogP contribution in [0.4, 0.5) is 0 Å². The molecule has 0 aliphatic rings. The molecule has 0 aliphatic heterocycles. The molecule has 0 fully saturated rings. The molecule has 0 bridgehead atoms. The number of likely N-dealkylation sites (N-methyl/N-ethyl adjacent to an activating group) is 1. The van der Waals surface area contributed by atoms with E-state index in [4.69, 9.17) is 0 Å². The van der Waals surface area contributed by atoms with Crippen molar-refractivity contribution in [2.45, 2.75) is 32.5 Å². The Morgan fingerprint density at radius 2 is 1.88 bits per heavy atom. The minimum Gasteiger partial charge on any atom is -0.342 e. The Kier molecular flexibility index (Phi) is 6.61. The van der Waals surface area contributed by atoms with Crippen molar-refractivity contribution in [3.05, 3.63) is 82.6 Å². The van der Waals surface area contributed by atoms with Crippen molar-refractivity contribution >= 4 is 34.2 Å². The first-order valence-electron chi connectivity index (χ1n) is 10.4. The van der Waals surface area contributed by atoms with Gasteiger partial charge in [0.2, 0.25) is 11.8 Å². The first-order chi connectivity index (χ1) is 15.5. The maximum absolute atomic E-state index is 13.3. The largest absolute Gasteiger partial charge is 0.342 e. The van der Waals surface area contributed by atoms with Crippen molar-refractivity contribution in [1.29, 1.82) is 0 Å². The van der Waals surface area contributed by atoms with Crippen LogP contribution >= 0.6 is 11.3 Å². The molecule has 0 saturated carbocycles. The van der Waals surface area contributed by atoms with Gasteiger partial charge in [-0.05, 0) is 24.6 Å². The van der Waals surface area contributed by atoms with Crippen molar-refractivity contribution in [2.24, 2.45) is 0 Å². The van der Waals surface area contributed by atoms with Crippen molar-refractivity contribution in [3.8, 4) is 0 Å². The van der Waals surface area contributed by atoms with E-state index < -0.39 is 6.04 Å². The van der Waals surface area contributed by atoms with Crippen LogP contribution in [0.25, 0.3) is 11.0 Å². The highest BCUT2D eigenvalue weighted by atomic mass is 32.1. The number of carbonyl (C=O) groups excluding carboxylic acids is 2. The SMILES string of the molecule is Cc1nc(CN(C)C(=O)C(Cc2ccccc2)NC(=O)Cn2cnc3ccccc32)cs1. The molecular weight excluding hydrogens is 422 g/mol. The van der Waals surface area contributed by atoms with Crippen LogP contribution in [0.1, 0.15) is 16.3 Å². The smallest absolute Gasteiger partial charge is 0.245 e. The topological polar surface area (TPSA) is 80.1 Å². The second-order valence-electron chi connectivity index (χ2n) is 7.72. The predicted molar refractivity (Wildman–Crippen MR) is 125 cm³/mol.